The second kappa shape index (κ2) is 6.46. The van der Waals surface area contributed by atoms with E-state index in [-0.39, 0.29) is 11.7 Å². The lowest BCUT2D eigenvalue weighted by Gasteiger charge is -2.16. The molecule has 8 nitrogen and oxygen atoms in total. The summed E-state index contributed by atoms with van der Waals surface area (Å²) < 4.78 is 7.48. The number of rotatable bonds is 3. The summed E-state index contributed by atoms with van der Waals surface area (Å²) in [4.78, 5) is 32.3. The molecule has 1 aliphatic rings. The van der Waals surface area contributed by atoms with Crippen LogP contribution in [0.1, 0.15) is 12.1 Å². The molecule has 27 heavy (non-hydrogen) atoms. The Labute approximate surface area is 155 Å². The Kier molecular flexibility index (Phi) is 4.10. The number of aromatic nitrogens is 3. The molecule has 2 N–H and O–H groups in total. The molecule has 8 heteroatoms. The highest BCUT2D eigenvalue weighted by Gasteiger charge is 2.27. The molecule has 1 aliphatic heterocycles. The van der Waals surface area contributed by atoms with Crippen molar-refractivity contribution < 1.29 is 14.6 Å². The molecule has 0 aliphatic carbocycles. The van der Waals surface area contributed by atoms with E-state index in [2.05, 4.69) is 9.97 Å². The quantitative estimate of drug-likeness (QED) is 0.739. The molecular formula is C19H20N4O4. The molecule has 1 atom stereocenters. The van der Waals surface area contributed by atoms with Gasteiger partial charge in [0.05, 0.1) is 17.9 Å². The Morgan fingerprint density at radius 1 is 1.37 bits per heavy atom. The maximum Gasteiger partial charge on any atom is 0.407 e. The third kappa shape index (κ3) is 3.03. The van der Waals surface area contributed by atoms with Gasteiger partial charge in [0.25, 0.3) is 5.56 Å². The van der Waals surface area contributed by atoms with Crippen molar-refractivity contribution in [2.24, 2.45) is 7.05 Å². The van der Waals surface area contributed by atoms with Crippen molar-refractivity contribution in [1.29, 1.82) is 0 Å². The van der Waals surface area contributed by atoms with Gasteiger partial charge in [0.2, 0.25) is 0 Å². The number of H-pyrrole nitrogens is 1. The van der Waals surface area contributed by atoms with Crippen LogP contribution in [-0.2, 0) is 7.05 Å². The first-order valence-electron chi connectivity index (χ1n) is 8.73. The highest BCUT2D eigenvalue weighted by atomic mass is 16.5. The van der Waals surface area contributed by atoms with Crippen molar-refractivity contribution in [1.82, 2.24) is 19.4 Å². The average molecular weight is 368 g/mol. The van der Waals surface area contributed by atoms with Crippen LogP contribution in [0.5, 0.6) is 5.75 Å². The minimum absolute atomic E-state index is 0.0837. The maximum atomic E-state index is 12.2. The Balaban J connectivity index is 1.60. The Morgan fingerprint density at radius 2 is 2.19 bits per heavy atom. The maximum absolute atomic E-state index is 12.2. The number of fused-ring (bicyclic) bond motifs is 1. The molecule has 1 unspecified atom stereocenters. The van der Waals surface area contributed by atoms with Gasteiger partial charge in [-0.25, -0.2) is 9.78 Å². The Morgan fingerprint density at radius 3 is 2.89 bits per heavy atom. The Bertz CT molecular complexity index is 1080. The van der Waals surface area contributed by atoms with Gasteiger partial charge in [-0.1, -0.05) is 0 Å². The summed E-state index contributed by atoms with van der Waals surface area (Å²) >= 11 is 0. The largest absolute Gasteiger partial charge is 0.487 e. The molecule has 0 bridgehead atoms. The topological polar surface area (TPSA) is 100 Å². The van der Waals surface area contributed by atoms with E-state index in [0.29, 0.717) is 30.8 Å². The van der Waals surface area contributed by atoms with Gasteiger partial charge in [0.15, 0.2) is 0 Å². The smallest absolute Gasteiger partial charge is 0.407 e. The number of hydrogen-bond acceptors (Lipinski definition) is 4. The number of pyridine rings is 2. The van der Waals surface area contributed by atoms with E-state index in [0.717, 1.165) is 22.3 Å². The van der Waals surface area contributed by atoms with E-state index in [4.69, 9.17) is 9.84 Å². The fourth-order valence-electron chi connectivity index (χ4n) is 3.43. The summed E-state index contributed by atoms with van der Waals surface area (Å²) in [6.45, 7) is 2.70. The molecule has 140 valence electrons. The van der Waals surface area contributed by atoms with Crippen molar-refractivity contribution in [3.63, 3.8) is 0 Å². The van der Waals surface area contributed by atoms with Crippen LogP contribution in [0.4, 0.5) is 4.79 Å². The molecule has 3 aromatic rings. The van der Waals surface area contributed by atoms with Crippen LogP contribution in [0, 0.1) is 6.92 Å². The zero-order valence-corrected chi connectivity index (χ0v) is 15.1. The van der Waals surface area contributed by atoms with Gasteiger partial charge in [-0.15, -0.1) is 0 Å². The van der Waals surface area contributed by atoms with E-state index < -0.39 is 6.09 Å². The Hall–Kier alpha value is -3.29. The van der Waals surface area contributed by atoms with Crippen LogP contribution < -0.4 is 10.3 Å². The minimum atomic E-state index is -0.920. The molecule has 4 heterocycles. The fourth-order valence-corrected chi connectivity index (χ4v) is 3.43. The number of amides is 1. The number of carbonyl (C=O) groups is 1. The summed E-state index contributed by atoms with van der Waals surface area (Å²) in [7, 11) is 1.71. The van der Waals surface area contributed by atoms with Gasteiger partial charge in [-0.05, 0) is 25.1 Å². The molecule has 4 rings (SSSR count). The van der Waals surface area contributed by atoms with Crippen LogP contribution in [0.3, 0.4) is 0 Å². The van der Waals surface area contributed by atoms with E-state index in [1.54, 1.807) is 19.4 Å². The molecule has 1 amide bonds. The van der Waals surface area contributed by atoms with Gasteiger partial charge in [-0.2, -0.15) is 0 Å². The van der Waals surface area contributed by atoms with Crippen LogP contribution >= 0.6 is 0 Å². The zero-order chi connectivity index (χ0) is 19.1. The molecule has 0 saturated carbocycles. The summed E-state index contributed by atoms with van der Waals surface area (Å²) in [5.74, 6) is 0.645. The molecular weight excluding hydrogens is 348 g/mol. The third-order valence-corrected chi connectivity index (χ3v) is 4.94. The van der Waals surface area contributed by atoms with E-state index >= 15 is 0 Å². The molecule has 0 spiro atoms. The molecule has 3 aromatic heterocycles. The van der Waals surface area contributed by atoms with Crippen molar-refractivity contribution in [3.8, 4) is 17.0 Å². The molecule has 0 radical (unpaired) electrons. The average Bonchev–Trinajstić information content (AvgIpc) is 3.27. The zero-order valence-electron chi connectivity index (χ0n) is 15.1. The van der Waals surface area contributed by atoms with Crippen molar-refractivity contribution in [2.45, 2.75) is 19.4 Å². The molecule has 0 aromatic carbocycles. The van der Waals surface area contributed by atoms with E-state index in [1.165, 1.54) is 9.47 Å². The second-order valence-electron chi connectivity index (χ2n) is 6.76. The summed E-state index contributed by atoms with van der Waals surface area (Å²) in [5.41, 5.74) is 2.79. The second-order valence-corrected chi connectivity index (χ2v) is 6.76. The van der Waals surface area contributed by atoms with Crippen LogP contribution in [0.25, 0.3) is 22.2 Å². The van der Waals surface area contributed by atoms with Gasteiger partial charge in [0.1, 0.15) is 17.4 Å². The van der Waals surface area contributed by atoms with Crippen molar-refractivity contribution >= 4 is 17.0 Å². The predicted molar refractivity (Wildman–Crippen MR) is 100 cm³/mol. The van der Waals surface area contributed by atoms with Crippen LogP contribution in [0.2, 0.25) is 0 Å². The van der Waals surface area contributed by atoms with Crippen LogP contribution in [-0.4, -0.2) is 49.8 Å². The normalized spacial score (nSPS) is 16.8. The first-order valence-corrected chi connectivity index (χ1v) is 8.73. The standard InChI is InChI=1S/C19H20N4O4/c1-11-16(27-12-5-8-23(10-12)19(25)26)4-3-15(21-11)14-9-20-17-13(14)6-7-22(2)18(17)24/h3-4,6-7,9,12,20H,5,8,10H2,1-2H3,(H,25,26). The number of hydrogen-bond donors (Lipinski definition) is 2. The number of carboxylic acid groups (broad SMARTS) is 1. The van der Waals surface area contributed by atoms with Gasteiger partial charge in [0, 0.05) is 43.4 Å². The minimum Gasteiger partial charge on any atom is -0.487 e. The predicted octanol–water partition coefficient (Wildman–Crippen LogP) is 2.37. The molecule has 1 fully saturated rings. The molecule has 1 saturated heterocycles. The lowest BCUT2D eigenvalue weighted by molar-refractivity contribution is 0.145. The van der Waals surface area contributed by atoms with Gasteiger partial charge < -0.3 is 24.3 Å². The number of aromatic amines is 1. The summed E-state index contributed by atoms with van der Waals surface area (Å²) in [5, 5.41) is 9.87. The summed E-state index contributed by atoms with van der Waals surface area (Å²) in [6, 6.07) is 5.59. The van der Waals surface area contributed by atoms with E-state index in [1.807, 2.05) is 25.1 Å². The number of nitrogens with zero attached hydrogens (tertiary/aromatic N) is 3. The van der Waals surface area contributed by atoms with Gasteiger partial charge >= 0.3 is 6.09 Å². The number of likely N-dealkylation sites (tertiary alicyclic amines) is 1. The van der Waals surface area contributed by atoms with Crippen LogP contribution in [0.15, 0.2) is 35.4 Å². The van der Waals surface area contributed by atoms with E-state index in [9.17, 15) is 9.59 Å². The van der Waals surface area contributed by atoms with Gasteiger partial charge in [-0.3, -0.25) is 4.79 Å². The van der Waals surface area contributed by atoms with Crippen molar-refractivity contribution in [3.05, 3.63) is 46.6 Å². The highest BCUT2D eigenvalue weighted by Crippen LogP contribution is 2.29. The first kappa shape index (κ1) is 17.1. The summed E-state index contributed by atoms with van der Waals surface area (Å²) in [6.07, 6.45) is 3.11. The third-order valence-electron chi connectivity index (χ3n) is 4.94. The number of aryl methyl sites for hydroxylation is 2. The number of ether oxygens (including phenoxy) is 1. The lowest BCUT2D eigenvalue weighted by atomic mass is 10.1. The SMILES string of the molecule is Cc1nc(-c2c[nH]c3c(=O)n(C)ccc23)ccc1OC1CCN(C(=O)O)C1. The fraction of sp³-hybridized carbons (Fsp3) is 0.316. The number of nitrogens with one attached hydrogen (secondary N) is 1. The lowest BCUT2D eigenvalue weighted by Crippen LogP contribution is -2.29. The first-order chi connectivity index (χ1) is 12.9. The highest BCUT2D eigenvalue weighted by molar-refractivity contribution is 5.94. The monoisotopic (exact) mass is 368 g/mol. The van der Waals surface area contributed by atoms with Crippen molar-refractivity contribution in [2.75, 3.05) is 13.1 Å².